The number of aliphatic carboxylic acids is 1. The average molecular weight is 581 g/mol. The molecule has 2 saturated heterocycles. The normalized spacial score (nSPS) is 27.4. The Balaban J connectivity index is 1.22. The largest absolute Gasteiger partial charge is 0.481 e. The zero-order valence-corrected chi connectivity index (χ0v) is 22.4. The lowest BCUT2D eigenvalue weighted by atomic mass is 9.77. The van der Waals surface area contributed by atoms with Gasteiger partial charge in [0.1, 0.15) is 17.2 Å². The number of nitrogens with one attached hydrogen (secondary N) is 1. The second kappa shape index (κ2) is 11.7. The molecule has 1 unspecified atom stereocenters. The fraction of sp³-hybridized carbons (Fsp3) is 0.533. The van der Waals surface area contributed by atoms with Crippen molar-refractivity contribution in [3.63, 3.8) is 0 Å². The Hall–Kier alpha value is -3.05. The SMILES string of the molecule is O=C(O)CC1CN([C@@H]2CC[C@@](C(=O)NCc3cc(F)cc(C(F)(F)F)c3)(C3CC3)OC2)CC[C@@H]1c1ccc(F)cc1. The molecule has 2 aliphatic heterocycles. The summed E-state index contributed by atoms with van der Waals surface area (Å²) in [6, 6.07) is 8.41. The van der Waals surface area contributed by atoms with Gasteiger partial charge in [-0.15, -0.1) is 0 Å². The van der Waals surface area contributed by atoms with Gasteiger partial charge in [0.15, 0.2) is 0 Å². The number of halogens is 5. The molecule has 0 radical (unpaired) electrons. The van der Waals surface area contributed by atoms with E-state index in [0.29, 0.717) is 38.4 Å². The summed E-state index contributed by atoms with van der Waals surface area (Å²) < 4.78 is 72.8. The summed E-state index contributed by atoms with van der Waals surface area (Å²) in [5.74, 6) is -2.84. The summed E-state index contributed by atoms with van der Waals surface area (Å²) in [7, 11) is 0. The molecule has 6 nitrogen and oxygen atoms in total. The lowest BCUT2D eigenvalue weighted by Crippen LogP contribution is -2.58. The Kier molecular flexibility index (Phi) is 8.39. The quantitative estimate of drug-likeness (QED) is 0.403. The number of alkyl halides is 3. The van der Waals surface area contributed by atoms with Crippen molar-refractivity contribution in [1.29, 1.82) is 0 Å². The molecule has 2 heterocycles. The Labute approximate surface area is 234 Å². The Morgan fingerprint density at radius 1 is 1.02 bits per heavy atom. The van der Waals surface area contributed by atoms with Gasteiger partial charge in [0.2, 0.25) is 0 Å². The number of hydrogen-bond donors (Lipinski definition) is 2. The molecule has 2 aromatic carbocycles. The molecule has 222 valence electrons. The summed E-state index contributed by atoms with van der Waals surface area (Å²) in [6.45, 7) is 1.25. The molecule has 5 rings (SSSR count). The van der Waals surface area contributed by atoms with Gasteiger partial charge in [-0.05, 0) is 97.9 Å². The van der Waals surface area contributed by atoms with Crippen LogP contribution in [0.25, 0.3) is 0 Å². The molecule has 4 atom stereocenters. The number of benzene rings is 2. The van der Waals surface area contributed by atoms with Crippen molar-refractivity contribution in [3.05, 3.63) is 70.8 Å². The fourth-order valence-electron chi connectivity index (χ4n) is 6.53. The molecule has 41 heavy (non-hydrogen) atoms. The van der Waals surface area contributed by atoms with Gasteiger partial charge in [0.25, 0.3) is 5.91 Å². The number of nitrogens with zero attached hydrogens (tertiary/aromatic N) is 1. The van der Waals surface area contributed by atoms with Crippen LogP contribution in [0.2, 0.25) is 0 Å². The minimum absolute atomic E-state index is 0.00525. The Morgan fingerprint density at radius 2 is 1.76 bits per heavy atom. The highest BCUT2D eigenvalue weighted by molar-refractivity contribution is 5.86. The van der Waals surface area contributed by atoms with E-state index in [1.807, 2.05) is 0 Å². The van der Waals surface area contributed by atoms with Gasteiger partial charge in [-0.25, -0.2) is 8.78 Å². The second-order valence-electron chi connectivity index (χ2n) is 11.5. The van der Waals surface area contributed by atoms with Crippen LogP contribution in [-0.4, -0.2) is 53.2 Å². The molecule has 0 bridgehead atoms. The third-order valence-corrected chi connectivity index (χ3v) is 8.76. The minimum Gasteiger partial charge on any atom is -0.481 e. The highest BCUT2D eigenvalue weighted by atomic mass is 19.4. The van der Waals surface area contributed by atoms with Crippen molar-refractivity contribution in [1.82, 2.24) is 10.2 Å². The van der Waals surface area contributed by atoms with E-state index in [-0.39, 0.29) is 54.7 Å². The van der Waals surface area contributed by atoms with Crippen molar-refractivity contribution < 1.29 is 41.4 Å². The molecule has 1 saturated carbocycles. The molecule has 2 aromatic rings. The maximum atomic E-state index is 13.8. The van der Waals surface area contributed by atoms with Crippen molar-refractivity contribution in [2.75, 3.05) is 19.7 Å². The number of carbonyl (C=O) groups excluding carboxylic acids is 1. The molecule has 1 amide bonds. The van der Waals surface area contributed by atoms with Crippen LogP contribution >= 0.6 is 0 Å². The number of carboxylic acid groups (broad SMARTS) is 1. The first-order valence-electron chi connectivity index (χ1n) is 13.9. The standard InChI is InChI=1S/C30H33F5N2O4/c31-23-5-1-19(2-6-23)26-8-10-37(16-20(26)13-27(38)39)25-7-9-29(41-17-25,21-3-4-21)28(40)36-15-18-11-22(30(33,34)35)14-24(32)12-18/h1-2,5-6,11-12,14,20-21,25-26H,3-4,7-10,13,15-17H2,(H,36,40)(H,38,39)/t20?,25-,26-,29+/m1/s1. The summed E-state index contributed by atoms with van der Waals surface area (Å²) in [5.41, 5.74) is -1.27. The van der Waals surface area contributed by atoms with Crippen molar-refractivity contribution in [3.8, 4) is 0 Å². The Morgan fingerprint density at radius 3 is 2.37 bits per heavy atom. The van der Waals surface area contributed by atoms with E-state index in [0.717, 1.165) is 30.5 Å². The number of hydrogen-bond acceptors (Lipinski definition) is 4. The third kappa shape index (κ3) is 6.72. The molecular weight excluding hydrogens is 547 g/mol. The molecule has 3 fully saturated rings. The minimum atomic E-state index is -4.70. The molecule has 0 spiro atoms. The van der Waals surface area contributed by atoms with Crippen LogP contribution < -0.4 is 5.32 Å². The highest BCUT2D eigenvalue weighted by Gasteiger charge is 2.54. The molecule has 11 heteroatoms. The zero-order valence-electron chi connectivity index (χ0n) is 22.4. The van der Waals surface area contributed by atoms with E-state index < -0.39 is 35.0 Å². The number of ether oxygens (including phenoxy) is 1. The first kappa shape index (κ1) is 29.4. The summed E-state index contributed by atoms with van der Waals surface area (Å²) in [6.07, 6.45) is -1.33. The monoisotopic (exact) mass is 580 g/mol. The van der Waals surface area contributed by atoms with Crippen LogP contribution in [0, 0.1) is 23.5 Å². The first-order valence-corrected chi connectivity index (χ1v) is 13.9. The summed E-state index contributed by atoms with van der Waals surface area (Å²) in [5, 5.41) is 12.2. The van der Waals surface area contributed by atoms with Crippen molar-refractivity contribution >= 4 is 11.9 Å². The number of carboxylic acids is 1. The number of amides is 1. The van der Waals surface area contributed by atoms with Crippen LogP contribution in [-0.2, 0) is 27.0 Å². The van der Waals surface area contributed by atoms with E-state index in [4.69, 9.17) is 4.74 Å². The zero-order chi connectivity index (χ0) is 29.4. The predicted molar refractivity (Wildman–Crippen MR) is 139 cm³/mol. The van der Waals surface area contributed by atoms with Gasteiger partial charge in [-0.3, -0.25) is 14.5 Å². The van der Waals surface area contributed by atoms with Gasteiger partial charge in [0.05, 0.1) is 12.2 Å². The summed E-state index contributed by atoms with van der Waals surface area (Å²) in [4.78, 5) is 27.2. The summed E-state index contributed by atoms with van der Waals surface area (Å²) >= 11 is 0. The molecule has 1 aliphatic carbocycles. The van der Waals surface area contributed by atoms with Gasteiger partial charge in [0, 0.05) is 25.6 Å². The highest BCUT2D eigenvalue weighted by Crippen LogP contribution is 2.48. The van der Waals surface area contributed by atoms with Crippen LogP contribution in [0.1, 0.15) is 61.1 Å². The molecule has 3 aliphatic rings. The first-order chi connectivity index (χ1) is 19.4. The molecular formula is C30H33F5N2O4. The number of carbonyl (C=O) groups is 2. The molecule has 2 N–H and O–H groups in total. The van der Waals surface area contributed by atoms with E-state index in [1.165, 1.54) is 12.1 Å². The maximum absolute atomic E-state index is 13.8. The predicted octanol–water partition coefficient (Wildman–Crippen LogP) is 5.51. The maximum Gasteiger partial charge on any atom is 0.416 e. The van der Waals surface area contributed by atoms with E-state index >= 15 is 0 Å². The number of likely N-dealkylation sites (tertiary alicyclic amines) is 1. The third-order valence-electron chi connectivity index (χ3n) is 8.76. The second-order valence-corrected chi connectivity index (χ2v) is 11.5. The average Bonchev–Trinajstić information content (AvgIpc) is 3.77. The smallest absolute Gasteiger partial charge is 0.416 e. The van der Waals surface area contributed by atoms with Gasteiger partial charge >= 0.3 is 12.1 Å². The lowest BCUT2D eigenvalue weighted by Gasteiger charge is -2.46. The topological polar surface area (TPSA) is 78.9 Å². The van der Waals surface area contributed by atoms with Crippen LogP contribution in [0.4, 0.5) is 22.0 Å². The van der Waals surface area contributed by atoms with E-state index in [1.54, 1.807) is 12.1 Å². The van der Waals surface area contributed by atoms with Crippen molar-refractivity contribution in [2.24, 2.45) is 11.8 Å². The Bertz CT molecular complexity index is 1260. The molecule has 0 aromatic heterocycles. The van der Waals surface area contributed by atoms with Gasteiger partial charge in [-0.2, -0.15) is 13.2 Å². The number of rotatable bonds is 8. The van der Waals surface area contributed by atoms with Gasteiger partial charge in [-0.1, -0.05) is 12.1 Å². The van der Waals surface area contributed by atoms with Crippen LogP contribution in [0.15, 0.2) is 42.5 Å². The van der Waals surface area contributed by atoms with Crippen LogP contribution in [0.5, 0.6) is 0 Å². The number of piperidine rings is 1. The van der Waals surface area contributed by atoms with E-state index in [9.17, 15) is 36.6 Å². The lowest BCUT2D eigenvalue weighted by molar-refractivity contribution is -0.166. The van der Waals surface area contributed by atoms with Gasteiger partial charge < -0.3 is 15.2 Å². The van der Waals surface area contributed by atoms with Crippen LogP contribution in [0.3, 0.4) is 0 Å². The van der Waals surface area contributed by atoms with Crippen molar-refractivity contribution in [2.45, 2.75) is 68.8 Å². The van der Waals surface area contributed by atoms with E-state index in [2.05, 4.69) is 10.2 Å². The fourth-order valence-corrected chi connectivity index (χ4v) is 6.53.